The fourth-order valence-corrected chi connectivity index (χ4v) is 1.54. The Hall–Kier alpha value is -1.11. The zero-order valence-corrected chi connectivity index (χ0v) is 9.42. The van der Waals surface area contributed by atoms with Crippen LogP contribution in [0.1, 0.15) is 34.1 Å². The molecule has 14 heavy (non-hydrogen) atoms. The average Bonchev–Trinajstić information content (AvgIpc) is 2.07. The van der Waals surface area contributed by atoms with Gasteiger partial charge in [-0.2, -0.15) is 0 Å². The van der Waals surface area contributed by atoms with Gasteiger partial charge in [0.2, 0.25) is 0 Å². The van der Waals surface area contributed by atoms with Crippen LogP contribution in [0.2, 0.25) is 0 Å². The van der Waals surface area contributed by atoms with Crippen LogP contribution in [0.25, 0.3) is 0 Å². The van der Waals surface area contributed by atoms with E-state index >= 15 is 0 Å². The van der Waals surface area contributed by atoms with Crippen LogP contribution in [0.3, 0.4) is 0 Å². The summed E-state index contributed by atoms with van der Waals surface area (Å²) in [4.78, 5) is 10.8. The Labute approximate surface area is 86.2 Å². The van der Waals surface area contributed by atoms with Gasteiger partial charge in [-0.15, -0.1) is 0 Å². The summed E-state index contributed by atoms with van der Waals surface area (Å²) in [6.07, 6.45) is 8.89. The minimum Gasteiger partial charge on any atom is -0.295 e. The SMILES string of the molecule is CC(=O)C=CC1=C(C)C(C)(C)CC=C1. The van der Waals surface area contributed by atoms with E-state index in [9.17, 15) is 4.79 Å². The summed E-state index contributed by atoms with van der Waals surface area (Å²) in [7, 11) is 0. The van der Waals surface area contributed by atoms with Crippen LogP contribution in [-0.4, -0.2) is 5.78 Å². The molecule has 0 aromatic rings. The standard InChI is InChI=1S/C13H18O/c1-10(14)7-8-12-6-5-9-13(3,4)11(12)2/h5-8H,9H2,1-4H3. The van der Waals surface area contributed by atoms with Crippen molar-refractivity contribution < 1.29 is 4.79 Å². The van der Waals surface area contributed by atoms with Crippen molar-refractivity contribution in [2.24, 2.45) is 5.41 Å². The van der Waals surface area contributed by atoms with Crippen molar-refractivity contribution in [3.8, 4) is 0 Å². The zero-order chi connectivity index (χ0) is 10.8. The molecule has 0 N–H and O–H groups in total. The second-order valence-electron chi connectivity index (χ2n) is 4.51. The van der Waals surface area contributed by atoms with Crippen LogP contribution in [0.5, 0.6) is 0 Å². The molecule has 0 fully saturated rings. The van der Waals surface area contributed by atoms with Crippen LogP contribution in [0.15, 0.2) is 35.5 Å². The number of carbonyl (C=O) groups excluding carboxylic acids is 1. The third-order valence-electron chi connectivity index (χ3n) is 2.87. The summed E-state index contributed by atoms with van der Waals surface area (Å²) in [5.41, 5.74) is 2.76. The highest BCUT2D eigenvalue weighted by Crippen LogP contribution is 2.36. The van der Waals surface area contributed by atoms with E-state index in [1.165, 1.54) is 11.1 Å². The van der Waals surface area contributed by atoms with Crippen molar-refractivity contribution in [1.29, 1.82) is 0 Å². The topological polar surface area (TPSA) is 17.1 Å². The van der Waals surface area contributed by atoms with Gasteiger partial charge >= 0.3 is 0 Å². The number of carbonyl (C=O) groups is 1. The zero-order valence-electron chi connectivity index (χ0n) is 9.42. The minimum absolute atomic E-state index is 0.0991. The average molecular weight is 190 g/mol. The lowest BCUT2D eigenvalue weighted by Crippen LogP contribution is -2.15. The molecule has 0 saturated carbocycles. The molecule has 76 valence electrons. The lowest BCUT2D eigenvalue weighted by molar-refractivity contribution is -0.112. The Kier molecular flexibility index (Phi) is 3.10. The highest BCUT2D eigenvalue weighted by molar-refractivity contribution is 5.87. The van der Waals surface area contributed by atoms with Crippen molar-refractivity contribution in [2.75, 3.05) is 0 Å². The molecule has 0 radical (unpaired) electrons. The van der Waals surface area contributed by atoms with Gasteiger partial charge in [0.15, 0.2) is 5.78 Å². The highest BCUT2D eigenvalue weighted by Gasteiger charge is 2.22. The van der Waals surface area contributed by atoms with Gasteiger partial charge in [-0.3, -0.25) is 4.79 Å². The van der Waals surface area contributed by atoms with Gasteiger partial charge in [0, 0.05) is 0 Å². The fourth-order valence-electron chi connectivity index (χ4n) is 1.54. The molecule has 0 aromatic carbocycles. The maximum absolute atomic E-state index is 10.8. The van der Waals surface area contributed by atoms with Crippen molar-refractivity contribution in [3.63, 3.8) is 0 Å². The summed E-state index contributed by atoms with van der Waals surface area (Å²) in [5, 5.41) is 0. The Morgan fingerprint density at radius 3 is 2.71 bits per heavy atom. The number of hydrogen-bond donors (Lipinski definition) is 0. The van der Waals surface area contributed by atoms with E-state index in [-0.39, 0.29) is 11.2 Å². The molecule has 0 unspecified atom stereocenters. The minimum atomic E-state index is 0.0991. The second-order valence-corrected chi connectivity index (χ2v) is 4.51. The second kappa shape index (κ2) is 3.95. The predicted molar refractivity (Wildman–Crippen MR) is 60.1 cm³/mol. The number of ketones is 1. The smallest absolute Gasteiger partial charge is 0.152 e. The molecule has 0 bridgehead atoms. The lowest BCUT2D eigenvalue weighted by atomic mass is 9.76. The van der Waals surface area contributed by atoms with E-state index in [0.29, 0.717) is 0 Å². The largest absolute Gasteiger partial charge is 0.295 e. The van der Waals surface area contributed by atoms with Gasteiger partial charge in [0.1, 0.15) is 0 Å². The first kappa shape index (κ1) is 11.0. The van der Waals surface area contributed by atoms with Crippen LogP contribution < -0.4 is 0 Å². The van der Waals surface area contributed by atoms with Gasteiger partial charge in [0.25, 0.3) is 0 Å². The maximum Gasteiger partial charge on any atom is 0.152 e. The van der Waals surface area contributed by atoms with Crippen molar-refractivity contribution in [1.82, 2.24) is 0 Å². The molecular formula is C13H18O. The summed E-state index contributed by atoms with van der Waals surface area (Å²) in [6.45, 7) is 8.17. The molecule has 1 aliphatic carbocycles. The maximum atomic E-state index is 10.8. The number of rotatable bonds is 2. The third kappa shape index (κ3) is 2.44. The van der Waals surface area contributed by atoms with Crippen molar-refractivity contribution in [2.45, 2.75) is 34.1 Å². The molecular weight excluding hydrogens is 172 g/mol. The molecule has 0 aliphatic heterocycles. The molecule has 0 spiro atoms. The first-order chi connectivity index (χ1) is 6.43. The molecule has 1 nitrogen and oxygen atoms in total. The predicted octanol–water partition coefficient (Wildman–Crippen LogP) is 3.43. The van der Waals surface area contributed by atoms with Gasteiger partial charge in [-0.1, -0.05) is 37.6 Å². The quantitative estimate of drug-likeness (QED) is 0.610. The third-order valence-corrected chi connectivity index (χ3v) is 2.87. The Balaban J connectivity index is 2.97. The molecule has 0 amide bonds. The monoisotopic (exact) mass is 190 g/mol. The van der Waals surface area contributed by atoms with E-state index in [1.54, 1.807) is 13.0 Å². The lowest BCUT2D eigenvalue weighted by Gasteiger charge is -2.29. The Morgan fingerprint density at radius 1 is 1.50 bits per heavy atom. The van der Waals surface area contributed by atoms with Crippen LogP contribution >= 0.6 is 0 Å². The van der Waals surface area contributed by atoms with E-state index in [2.05, 4.69) is 32.9 Å². The summed E-state index contributed by atoms with van der Waals surface area (Å²) >= 11 is 0. The highest BCUT2D eigenvalue weighted by atomic mass is 16.1. The first-order valence-corrected chi connectivity index (χ1v) is 5.00. The van der Waals surface area contributed by atoms with E-state index in [4.69, 9.17) is 0 Å². The fraction of sp³-hybridized carbons (Fsp3) is 0.462. The van der Waals surface area contributed by atoms with Crippen LogP contribution in [0, 0.1) is 5.41 Å². The first-order valence-electron chi connectivity index (χ1n) is 5.00. The molecule has 0 aromatic heterocycles. The molecule has 1 heteroatoms. The molecule has 0 heterocycles. The normalized spacial score (nSPS) is 20.6. The van der Waals surface area contributed by atoms with E-state index in [0.717, 1.165) is 6.42 Å². The summed E-state index contributed by atoms with van der Waals surface area (Å²) in [6, 6.07) is 0. The number of hydrogen-bond acceptors (Lipinski definition) is 1. The summed E-state index contributed by atoms with van der Waals surface area (Å²) < 4.78 is 0. The van der Waals surface area contributed by atoms with Crippen molar-refractivity contribution >= 4 is 5.78 Å². The van der Waals surface area contributed by atoms with E-state index < -0.39 is 0 Å². The van der Waals surface area contributed by atoms with Crippen LogP contribution in [0.4, 0.5) is 0 Å². The molecule has 1 aliphatic rings. The van der Waals surface area contributed by atoms with Crippen LogP contribution in [-0.2, 0) is 4.79 Å². The van der Waals surface area contributed by atoms with Crippen molar-refractivity contribution in [3.05, 3.63) is 35.5 Å². The Morgan fingerprint density at radius 2 is 2.14 bits per heavy atom. The Bertz CT molecular complexity index is 327. The summed E-state index contributed by atoms with van der Waals surface area (Å²) in [5.74, 6) is 0.0991. The van der Waals surface area contributed by atoms with Gasteiger partial charge in [0.05, 0.1) is 0 Å². The van der Waals surface area contributed by atoms with Gasteiger partial charge in [-0.05, 0) is 37.3 Å². The van der Waals surface area contributed by atoms with Gasteiger partial charge in [-0.25, -0.2) is 0 Å². The molecule has 0 saturated heterocycles. The molecule has 1 rings (SSSR count). The van der Waals surface area contributed by atoms with E-state index in [1.807, 2.05) is 6.08 Å². The van der Waals surface area contributed by atoms with Gasteiger partial charge < -0.3 is 0 Å². The number of allylic oxidation sites excluding steroid dienone is 6. The molecule has 0 atom stereocenters.